The van der Waals surface area contributed by atoms with Gasteiger partial charge in [-0.05, 0) is 25.3 Å². The number of hydrogen-bond donors (Lipinski definition) is 1. The zero-order valence-corrected chi connectivity index (χ0v) is 12.7. The van der Waals surface area contributed by atoms with Crippen molar-refractivity contribution in [2.45, 2.75) is 32.4 Å². The maximum atomic E-state index is 11.6. The maximum Gasteiger partial charge on any atom is 0.409 e. The summed E-state index contributed by atoms with van der Waals surface area (Å²) >= 11 is 0. The minimum Gasteiger partial charge on any atom is -0.481 e. The molecule has 6 heteroatoms. The molecule has 6 nitrogen and oxygen atoms in total. The molecule has 0 atom stereocenters. The van der Waals surface area contributed by atoms with Crippen molar-refractivity contribution in [3.63, 3.8) is 0 Å². The molecule has 1 amide bonds. The van der Waals surface area contributed by atoms with Crippen LogP contribution in [0.1, 0.15) is 25.3 Å². The normalized spacial score (nSPS) is 15.8. The Labute approximate surface area is 125 Å². The number of nitrogens with zero attached hydrogens (tertiary/aromatic N) is 2. The van der Waals surface area contributed by atoms with E-state index in [0.29, 0.717) is 18.5 Å². The molecule has 1 aliphatic rings. The van der Waals surface area contributed by atoms with Gasteiger partial charge in [0.05, 0.1) is 13.7 Å². The Kier molecular flexibility index (Phi) is 5.80. The molecule has 1 aliphatic heterocycles. The number of ether oxygens (including phenoxy) is 2. The van der Waals surface area contributed by atoms with Crippen molar-refractivity contribution in [3.8, 4) is 5.88 Å². The number of likely N-dealkylation sites (tertiary alicyclic amines) is 1. The summed E-state index contributed by atoms with van der Waals surface area (Å²) in [5.41, 5.74) is 1.13. The Morgan fingerprint density at radius 2 is 2.19 bits per heavy atom. The third-order valence-electron chi connectivity index (χ3n) is 3.62. The number of methoxy groups -OCH3 is 1. The van der Waals surface area contributed by atoms with Gasteiger partial charge < -0.3 is 19.7 Å². The highest BCUT2D eigenvalue weighted by molar-refractivity contribution is 5.67. The molecule has 2 heterocycles. The average molecular weight is 293 g/mol. The van der Waals surface area contributed by atoms with E-state index in [1.54, 1.807) is 12.0 Å². The Morgan fingerprint density at radius 1 is 1.43 bits per heavy atom. The summed E-state index contributed by atoms with van der Waals surface area (Å²) in [6, 6.07) is 4.30. The summed E-state index contributed by atoms with van der Waals surface area (Å²) in [6.45, 7) is 4.53. The number of carbonyl (C=O) groups is 1. The quantitative estimate of drug-likeness (QED) is 0.897. The topological polar surface area (TPSA) is 63.7 Å². The second kappa shape index (κ2) is 7.83. The van der Waals surface area contributed by atoms with Crippen LogP contribution in [0.25, 0.3) is 0 Å². The number of hydrogen-bond acceptors (Lipinski definition) is 5. The van der Waals surface area contributed by atoms with Gasteiger partial charge in [0.2, 0.25) is 5.88 Å². The van der Waals surface area contributed by atoms with E-state index < -0.39 is 0 Å². The first-order valence-electron chi connectivity index (χ1n) is 7.37. The van der Waals surface area contributed by atoms with Crippen LogP contribution in [0, 0.1) is 0 Å². The summed E-state index contributed by atoms with van der Waals surface area (Å²) in [4.78, 5) is 17.6. The van der Waals surface area contributed by atoms with Crippen LogP contribution < -0.4 is 10.1 Å². The summed E-state index contributed by atoms with van der Waals surface area (Å²) < 4.78 is 10.1. The first-order chi connectivity index (χ1) is 10.2. The van der Waals surface area contributed by atoms with Gasteiger partial charge in [-0.3, -0.25) is 0 Å². The molecule has 0 spiro atoms. The lowest BCUT2D eigenvalue weighted by Crippen LogP contribution is -2.44. The Bertz CT molecular complexity index is 442. The van der Waals surface area contributed by atoms with Crippen LogP contribution in [-0.4, -0.2) is 48.8 Å². The zero-order chi connectivity index (χ0) is 15.1. The number of nitrogens with one attached hydrogen (secondary N) is 1. The molecule has 1 fully saturated rings. The van der Waals surface area contributed by atoms with Crippen LogP contribution in [-0.2, 0) is 11.3 Å². The lowest BCUT2D eigenvalue weighted by molar-refractivity contribution is 0.0950. The van der Waals surface area contributed by atoms with Crippen molar-refractivity contribution in [2.75, 3.05) is 26.8 Å². The van der Waals surface area contributed by atoms with E-state index in [9.17, 15) is 4.79 Å². The third kappa shape index (κ3) is 4.60. The summed E-state index contributed by atoms with van der Waals surface area (Å²) in [5, 5.41) is 3.51. The van der Waals surface area contributed by atoms with Gasteiger partial charge in [-0.2, -0.15) is 0 Å². The van der Waals surface area contributed by atoms with Crippen molar-refractivity contribution >= 4 is 6.09 Å². The second-order valence-corrected chi connectivity index (χ2v) is 5.05. The molecule has 1 saturated heterocycles. The number of aromatic nitrogens is 1. The fourth-order valence-electron chi connectivity index (χ4n) is 2.38. The average Bonchev–Trinajstić information content (AvgIpc) is 2.54. The first-order valence-corrected chi connectivity index (χ1v) is 7.37. The second-order valence-electron chi connectivity index (χ2n) is 5.05. The lowest BCUT2D eigenvalue weighted by atomic mass is 10.1. The van der Waals surface area contributed by atoms with Crippen molar-refractivity contribution in [1.29, 1.82) is 0 Å². The van der Waals surface area contributed by atoms with Gasteiger partial charge in [0.15, 0.2) is 0 Å². The molecule has 116 valence electrons. The fraction of sp³-hybridized carbons (Fsp3) is 0.600. The van der Waals surface area contributed by atoms with Gasteiger partial charge >= 0.3 is 6.09 Å². The molecule has 1 aromatic heterocycles. The van der Waals surface area contributed by atoms with Crippen molar-refractivity contribution < 1.29 is 14.3 Å². The highest BCUT2D eigenvalue weighted by atomic mass is 16.6. The molecular formula is C15H23N3O3. The summed E-state index contributed by atoms with van der Waals surface area (Å²) in [7, 11) is 1.61. The predicted octanol–water partition coefficient (Wildman–Crippen LogP) is 1.80. The maximum absolute atomic E-state index is 11.6. The van der Waals surface area contributed by atoms with Gasteiger partial charge in [0.1, 0.15) is 0 Å². The molecule has 0 bridgehead atoms. The van der Waals surface area contributed by atoms with E-state index >= 15 is 0 Å². The standard InChI is InChI=1S/C15H23N3O3/c1-3-21-15(19)18-8-6-13(7-9-18)16-10-12-4-5-14(20-2)17-11-12/h4-5,11,13,16H,3,6-10H2,1-2H3. The molecule has 1 N–H and O–H groups in total. The van der Waals surface area contributed by atoms with E-state index in [-0.39, 0.29) is 6.09 Å². The smallest absolute Gasteiger partial charge is 0.409 e. The number of carbonyl (C=O) groups excluding carboxylic acids is 1. The van der Waals surface area contributed by atoms with Gasteiger partial charge in [0, 0.05) is 37.9 Å². The van der Waals surface area contributed by atoms with E-state index in [1.165, 1.54) is 0 Å². The SMILES string of the molecule is CCOC(=O)N1CCC(NCc2ccc(OC)nc2)CC1. The number of piperidine rings is 1. The largest absolute Gasteiger partial charge is 0.481 e. The first kappa shape index (κ1) is 15.6. The van der Waals surface area contributed by atoms with Gasteiger partial charge in [0.25, 0.3) is 0 Å². The van der Waals surface area contributed by atoms with E-state index in [2.05, 4.69) is 10.3 Å². The summed E-state index contributed by atoms with van der Waals surface area (Å²) in [6.07, 6.45) is 3.51. The number of amides is 1. The molecule has 21 heavy (non-hydrogen) atoms. The Hall–Kier alpha value is -1.82. The minimum absolute atomic E-state index is 0.199. The van der Waals surface area contributed by atoms with E-state index in [1.807, 2.05) is 25.3 Å². The van der Waals surface area contributed by atoms with Gasteiger partial charge in [-0.1, -0.05) is 6.07 Å². The van der Waals surface area contributed by atoms with E-state index in [0.717, 1.165) is 38.0 Å². The lowest BCUT2D eigenvalue weighted by Gasteiger charge is -2.31. The molecule has 0 unspecified atom stereocenters. The molecule has 2 rings (SSSR count). The summed E-state index contributed by atoms with van der Waals surface area (Å²) in [5.74, 6) is 0.626. The van der Waals surface area contributed by atoms with Gasteiger partial charge in [-0.15, -0.1) is 0 Å². The molecule has 0 radical (unpaired) electrons. The molecule has 0 saturated carbocycles. The Balaban J connectivity index is 1.72. The van der Waals surface area contributed by atoms with Crippen molar-refractivity contribution in [3.05, 3.63) is 23.9 Å². The third-order valence-corrected chi connectivity index (χ3v) is 3.62. The van der Waals surface area contributed by atoms with Crippen LogP contribution >= 0.6 is 0 Å². The van der Waals surface area contributed by atoms with E-state index in [4.69, 9.17) is 9.47 Å². The molecule has 0 aliphatic carbocycles. The Morgan fingerprint density at radius 3 is 2.76 bits per heavy atom. The van der Waals surface area contributed by atoms with Crippen LogP contribution in [0.4, 0.5) is 4.79 Å². The van der Waals surface area contributed by atoms with Crippen LogP contribution in [0.3, 0.4) is 0 Å². The minimum atomic E-state index is -0.199. The number of pyridine rings is 1. The highest BCUT2D eigenvalue weighted by Crippen LogP contribution is 2.13. The van der Waals surface area contributed by atoms with Crippen molar-refractivity contribution in [2.24, 2.45) is 0 Å². The predicted molar refractivity (Wildman–Crippen MR) is 79.2 cm³/mol. The van der Waals surface area contributed by atoms with Crippen molar-refractivity contribution in [1.82, 2.24) is 15.2 Å². The fourth-order valence-corrected chi connectivity index (χ4v) is 2.38. The molecule has 0 aromatic carbocycles. The van der Waals surface area contributed by atoms with Crippen LogP contribution in [0.2, 0.25) is 0 Å². The van der Waals surface area contributed by atoms with Crippen LogP contribution in [0.15, 0.2) is 18.3 Å². The van der Waals surface area contributed by atoms with Gasteiger partial charge in [-0.25, -0.2) is 9.78 Å². The monoisotopic (exact) mass is 293 g/mol. The number of rotatable bonds is 5. The highest BCUT2D eigenvalue weighted by Gasteiger charge is 2.23. The van der Waals surface area contributed by atoms with Crippen LogP contribution in [0.5, 0.6) is 5.88 Å². The molecule has 1 aromatic rings. The molecular weight excluding hydrogens is 270 g/mol. The zero-order valence-electron chi connectivity index (χ0n) is 12.7.